The number of ether oxygens (including phenoxy) is 2. The molecule has 302 valence electrons. The zero-order valence-corrected chi connectivity index (χ0v) is 35.4. The van der Waals surface area contributed by atoms with E-state index in [1.54, 1.807) is 35.1 Å². The van der Waals surface area contributed by atoms with Crippen molar-refractivity contribution in [2.45, 2.75) is 67.5 Å². The first kappa shape index (κ1) is 44.8. The minimum Gasteiger partial charge on any atom is -0.544 e. The molecule has 5 aromatic rings. The van der Waals surface area contributed by atoms with Crippen molar-refractivity contribution >= 4 is 38.4 Å². The molecular formula is C40H45N6NaO10S. The van der Waals surface area contributed by atoms with Gasteiger partial charge in [0.1, 0.15) is 23.9 Å². The van der Waals surface area contributed by atoms with Crippen LogP contribution in [0.2, 0.25) is 0 Å². The number of sulfonamides is 1. The number of aliphatic hydroxyl groups excluding tert-OH is 3. The topological polar surface area (TPSA) is 228 Å². The van der Waals surface area contributed by atoms with E-state index in [0.29, 0.717) is 16.5 Å². The van der Waals surface area contributed by atoms with Gasteiger partial charge in [0.25, 0.3) is 0 Å². The summed E-state index contributed by atoms with van der Waals surface area (Å²) in [5.41, 5.74) is 4.38. The standard InChI is InChI=1S/C40H46N6O10S.Na/c1-25(47)42-36-33(48)22-40(39(51)52,55-21-9-20-46-24-31(43-44-46)28-18-16-27(17-19-28)26-10-5-4-6-11-26)56-38(36)37(50)34(49)23-41-57(53,54)35-15-8-12-29-30(35)13-7-14-32(29)45(2)3;/h4-8,10-19,24,33-34,36-38,41,48-50H,9,20-23H2,1-3H3,(H,42,47)(H,51,52);/q;+1/p-1/t33-,34+,36+,37+,38+,40+;/m0./s1. The van der Waals surface area contributed by atoms with Gasteiger partial charge >= 0.3 is 29.6 Å². The molecule has 1 aliphatic heterocycles. The van der Waals surface area contributed by atoms with Crippen LogP contribution in [0.25, 0.3) is 33.2 Å². The van der Waals surface area contributed by atoms with E-state index in [2.05, 4.69) is 20.4 Å². The number of carboxylic acid groups (broad SMARTS) is 1. The maximum Gasteiger partial charge on any atom is 1.00 e. The Hall–Kier alpha value is -4.27. The third-order valence-corrected chi connectivity index (χ3v) is 11.3. The molecule has 6 atom stereocenters. The fourth-order valence-electron chi connectivity index (χ4n) is 6.91. The second-order valence-corrected chi connectivity index (χ2v) is 15.8. The predicted molar refractivity (Wildman–Crippen MR) is 208 cm³/mol. The monoisotopic (exact) mass is 824 g/mol. The molecule has 1 fully saturated rings. The molecule has 6 rings (SSSR count). The predicted octanol–water partition coefficient (Wildman–Crippen LogP) is -1.96. The number of nitrogens with zero attached hydrogens (tertiary/aromatic N) is 4. The fraction of sp³-hybridized carbons (Fsp3) is 0.350. The molecule has 1 amide bonds. The van der Waals surface area contributed by atoms with Gasteiger partial charge in [-0.25, -0.2) is 13.1 Å². The largest absolute Gasteiger partial charge is 1.00 e. The van der Waals surface area contributed by atoms with E-state index in [4.69, 9.17) is 9.47 Å². The normalized spacial score (nSPS) is 20.5. The third kappa shape index (κ3) is 10.1. The molecule has 0 unspecified atom stereocenters. The van der Waals surface area contributed by atoms with Crippen molar-refractivity contribution < 1.29 is 77.5 Å². The van der Waals surface area contributed by atoms with Gasteiger partial charge in [-0.05, 0) is 29.7 Å². The van der Waals surface area contributed by atoms with E-state index < -0.39 is 71.1 Å². The number of amides is 1. The second kappa shape index (κ2) is 19.2. The molecule has 1 aliphatic rings. The molecule has 0 bridgehead atoms. The molecule has 4 aromatic carbocycles. The molecule has 1 aromatic heterocycles. The maximum atomic E-state index is 13.5. The van der Waals surface area contributed by atoms with Crippen LogP contribution in [0.1, 0.15) is 19.8 Å². The maximum absolute atomic E-state index is 13.5. The number of carbonyl (C=O) groups excluding carboxylic acids is 2. The molecule has 16 nitrogen and oxygen atoms in total. The van der Waals surface area contributed by atoms with Gasteiger partial charge in [-0.1, -0.05) is 84.1 Å². The van der Waals surface area contributed by atoms with Crippen molar-refractivity contribution in [2.24, 2.45) is 0 Å². The SMILES string of the molecule is CC(=O)N[C@H]1[C@H]([C@H](O)[C@H](O)CNS(=O)(=O)c2cccc3c(N(C)C)cccc23)O[C@@](OCCCn2cc(-c3ccc(-c4ccccc4)cc3)nn2)(C(=O)[O-])C[C@@H]1O.[Na+]. The number of rotatable bonds is 16. The van der Waals surface area contributed by atoms with Crippen molar-refractivity contribution in [3.05, 3.63) is 97.2 Å². The molecule has 18 heteroatoms. The molecule has 0 spiro atoms. The number of hydrogen-bond acceptors (Lipinski definition) is 13. The summed E-state index contributed by atoms with van der Waals surface area (Å²) in [5, 5.41) is 58.0. The van der Waals surface area contributed by atoms with Crippen molar-refractivity contribution in [1.82, 2.24) is 25.0 Å². The van der Waals surface area contributed by atoms with Crippen LogP contribution in [0.5, 0.6) is 0 Å². The van der Waals surface area contributed by atoms with Crippen molar-refractivity contribution in [3.63, 3.8) is 0 Å². The molecule has 0 saturated carbocycles. The van der Waals surface area contributed by atoms with Crippen LogP contribution in [0.15, 0.2) is 102 Å². The summed E-state index contributed by atoms with van der Waals surface area (Å²) >= 11 is 0. The summed E-state index contributed by atoms with van der Waals surface area (Å²) in [6.07, 6.45) is -6.15. The first-order valence-electron chi connectivity index (χ1n) is 18.3. The van der Waals surface area contributed by atoms with E-state index in [9.17, 15) is 38.4 Å². The van der Waals surface area contributed by atoms with E-state index in [0.717, 1.165) is 29.3 Å². The van der Waals surface area contributed by atoms with Crippen LogP contribution in [-0.4, -0.2) is 114 Å². The zero-order valence-electron chi connectivity index (χ0n) is 32.6. The van der Waals surface area contributed by atoms with Gasteiger partial charge < -0.3 is 44.9 Å². The average Bonchev–Trinajstić information content (AvgIpc) is 3.68. The van der Waals surface area contributed by atoms with E-state index in [1.807, 2.05) is 79.7 Å². The van der Waals surface area contributed by atoms with Gasteiger partial charge in [-0.2, -0.15) is 0 Å². The number of aryl methyl sites for hydroxylation is 1. The minimum absolute atomic E-state index is 0. The molecule has 0 radical (unpaired) electrons. The first-order valence-corrected chi connectivity index (χ1v) is 19.8. The molecule has 2 heterocycles. The van der Waals surface area contributed by atoms with Crippen LogP contribution < -0.4 is 49.6 Å². The molecular weight excluding hydrogens is 780 g/mol. The van der Waals surface area contributed by atoms with Gasteiger partial charge in [0.05, 0.1) is 35.9 Å². The van der Waals surface area contributed by atoms with Gasteiger partial charge in [-0.3, -0.25) is 9.48 Å². The fourth-order valence-corrected chi connectivity index (χ4v) is 8.18. The van der Waals surface area contributed by atoms with Crippen LogP contribution >= 0.6 is 0 Å². The van der Waals surface area contributed by atoms with Gasteiger partial charge in [0, 0.05) is 62.6 Å². The van der Waals surface area contributed by atoms with Crippen molar-refractivity contribution in [1.29, 1.82) is 0 Å². The average molecular weight is 825 g/mol. The Balaban J connectivity index is 0.00000641. The number of carbonyl (C=O) groups is 2. The van der Waals surface area contributed by atoms with Crippen LogP contribution in [0.4, 0.5) is 5.69 Å². The van der Waals surface area contributed by atoms with E-state index >= 15 is 0 Å². The molecule has 1 saturated heterocycles. The smallest absolute Gasteiger partial charge is 0.544 e. The Morgan fingerprint density at radius 2 is 1.64 bits per heavy atom. The third-order valence-electron chi connectivity index (χ3n) is 9.79. The van der Waals surface area contributed by atoms with Gasteiger partial charge in [-0.15, -0.1) is 5.10 Å². The van der Waals surface area contributed by atoms with Gasteiger partial charge in [0.2, 0.25) is 21.7 Å². The zero-order chi connectivity index (χ0) is 40.9. The van der Waals surface area contributed by atoms with Crippen LogP contribution in [-0.2, 0) is 35.6 Å². The summed E-state index contributed by atoms with van der Waals surface area (Å²) < 4.78 is 42.3. The van der Waals surface area contributed by atoms with Crippen LogP contribution in [0, 0.1) is 0 Å². The van der Waals surface area contributed by atoms with Crippen LogP contribution in [0.3, 0.4) is 0 Å². The van der Waals surface area contributed by atoms with E-state index in [-0.39, 0.29) is 54.0 Å². The number of nitrogens with one attached hydrogen (secondary N) is 2. The second-order valence-electron chi connectivity index (χ2n) is 14.1. The number of benzene rings is 4. The van der Waals surface area contributed by atoms with E-state index in [1.165, 1.54) is 6.07 Å². The Kier molecular flexibility index (Phi) is 14.8. The Morgan fingerprint density at radius 1 is 0.983 bits per heavy atom. The first-order chi connectivity index (χ1) is 27.2. The Bertz CT molecular complexity index is 2300. The summed E-state index contributed by atoms with van der Waals surface area (Å²) in [5.74, 6) is -5.13. The summed E-state index contributed by atoms with van der Waals surface area (Å²) in [4.78, 5) is 26.5. The van der Waals surface area contributed by atoms with Crippen molar-refractivity contribution in [2.75, 3.05) is 32.1 Å². The van der Waals surface area contributed by atoms with Crippen molar-refractivity contribution in [3.8, 4) is 22.4 Å². The number of aromatic nitrogens is 3. The number of anilines is 1. The minimum atomic E-state index is -4.27. The Morgan fingerprint density at radius 3 is 2.31 bits per heavy atom. The number of hydrogen-bond donors (Lipinski definition) is 5. The number of aliphatic carboxylic acids is 1. The number of carboxylic acids is 1. The molecule has 5 N–H and O–H groups in total. The molecule has 58 heavy (non-hydrogen) atoms. The summed E-state index contributed by atoms with van der Waals surface area (Å²) in [6, 6.07) is 26.3. The quantitative estimate of drug-likeness (QED) is 0.0539. The molecule has 0 aliphatic carbocycles. The summed E-state index contributed by atoms with van der Waals surface area (Å²) in [7, 11) is -0.622. The van der Waals surface area contributed by atoms with Gasteiger partial charge in [0.15, 0.2) is 0 Å². The Labute approximate surface area is 358 Å². The number of aliphatic hydroxyl groups is 3. The number of fused-ring (bicyclic) bond motifs is 1. The summed E-state index contributed by atoms with van der Waals surface area (Å²) in [6.45, 7) is 0.414.